The minimum Gasteiger partial charge on any atom is -0.484 e. The maximum Gasteiger partial charge on any atom is 0.229 e. The number of rotatable bonds is 7. The van der Waals surface area contributed by atoms with Crippen molar-refractivity contribution in [2.45, 2.75) is 73.9 Å². The standard InChI is InChI=1S/C27H32O14/c28-9-18-20(31)22(33)24(35)26(40-18)37-12-3-1-11(2-4-12)16-8-15(30)14-6-5-13(7-17(14)39-16)38-27-25(36)23(34)21(32)19(10-29)41-27/h1-7,16,18-29,31-36H,8-10H2/t16-,18+,19+,20+,21+,22-,23-,24+,25+,26+,27+/m0/s1. The van der Waals surface area contributed by atoms with Crippen LogP contribution in [0.1, 0.15) is 28.4 Å². The van der Waals surface area contributed by atoms with E-state index in [4.69, 9.17) is 23.7 Å². The van der Waals surface area contributed by atoms with Gasteiger partial charge in [-0.05, 0) is 29.8 Å². The van der Waals surface area contributed by atoms with Crippen molar-refractivity contribution < 1.29 is 69.3 Å². The molecule has 11 atom stereocenters. The molecule has 224 valence electrons. The SMILES string of the molecule is O=C1C[C@@H](c2ccc(O[C@@H]3O[C@H](CO)[C@@H](O)[C@H](O)[C@H]3O)cc2)Oc2cc(O[C@@H]3O[C@H](CO)[C@@H](O)[C@H](O)[C@H]3O)ccc21. The van der Waals surface area contributed by atoms with Gasteiger partial charge in [-0.1, -0.05) is 12.1 Å². The van der Waals surface area contributed by atoms with Crippen LogP contribution >= 0.6 is 0 Å². The summed E-state index contributed by atoms with van der Waals surface area (Å²) in [5.74, 6) is 0.396. The minimum atomic E-state index is -1.61. The summed E-state index contributed by atoms with van der Waals surface area (Å²) in [6.07, 6.45) is -15.1. The Morgan fingerprint density at radius 1 is 0.683 bits per heavy atom. The van der Waals surface area contributed by atoms with E-state index < -0.39 is 80.7 Å². The summed E-state index contributed by atoms with van der Waals surface area (Å²) in [5.41, 5.74) is 0.926. The molecule has 0 spiro atoms. The van der Waals surface area contributed by atoms with Crippen molar-refractivity contribution in [2.24, 2.45) is 0 Å². The first-order valence-corrected chi connectivity index (χ1v) is 13.0. The number of carbonyl (C=O) groups is 1. The van der Waals surface area contributed by atoms with Crippen molar-refractivity contribution in [3.63, 3.8) is 0 Å². The average molecular weight is 581 g/mol. The fraction of sp³-hybridized carbons (Fsp3) is 0.519. The molecule has 14 nitrogen and oxygen atoms in total. The van der Waals surface area contributed by atoms with Gasteiger partial charge in [0.2, 0.25) is 12.6 Å². The lowest BCUT2D eigenvalue weighted by Gasteiger charge is -2.39. The Morgan fingerprint density at radius 3 is 1.73 bits per heavy atom. The number of fused-ring (bicyclic) bond motifs is 1. The highest BCUT2D eigenvalue weighted by atomic mass is 16.7. The van der Waals surface area contributed by atoms with Crippen molar-refractivity contribution in [1.29, 1.82) is 0 Å². The molecule has 0 amide bonds. The van der Waals surface area contributed by atoms with Gasteiger partial charge in [0, 0.05) is 6.07 Å². The van der Waals surface area contributed by atoms with Gasteiger partial charge in [-0.2, -0.15) is 0 Å². The maximum atomic E-state index is 12.9. The third-order valence-electron chi connectivity index (χ3n) is 7.35. The number of ether oxygens (including phenoxy) is 5. The Hall–Kier alpha value is -2.89. The zero-order valence-electron chi connectivity index (χ0n) is 21.5. The Morgan fingerprint density at radius 2 is 1.20 bits per heavy atom. The zero-order chi connectivity index (χ0) is 29.4. The third kappa shape index (κ3) is 5.89. The van der Waals surface area contributed by atoms with Crippen LogP contribution in [0.2, 0.25) is 0 Å². The molecule has 0 unspecified atom stereocenters. The smallest absolute Gasteiger partial charge is 0.229 e. The first-order valence-electron chi connectivity index (χ1n) is 13.0. The van der Waals surface area contributed by atoms with E-state index >= 15 is 0 Å². The van der Waals surface area contributed by atoms with E-state index in [0.29, 0.717) is 11.1 Å². The molecule has 5 rings (SSSR count). The Labute approximate surface area is 233 Å². The van der Waals surface area contributed by atoms with Crippen LogP contribution in [-0.2, 0) is 9.47 Å². The summed E-state index contributed by atoms with van der Waals surface area (Å²) in [7, 11) is 0. The Bertz CT molecular complexity index is 1200. The first kappa shape index (κ1) is 29.6. The molecule has 3 aliphatic rings. The molecule has 0 radical (unpaired) electrons. The molecule has 3 aliphatic heterocycles. The normalized spacial score (nSPS) is 37.2. The van der Waals surface area contributed by atoms with Gasteiger partial charge in [-0.15, -0.1) is 0 Å². The molecule has 2 fully saturated rings. The van der Waals surface area contributed by atoms with Crippen molar-refractivity contribution in [1.82, 2.24) is 0 Å². The highest BCUT2D eigenvalue weighted by Gasteiger charge is 2.46. The molecule has 0 bridgehead atoms. The van der Waals surface area contributed by atoms with Gasteiger partial charge in [-0.25, -0.2) is 0 Å². The molecule has 0 aromatic heterocycles. The van der Waals surface area contributed by atoms with E-state index in [1.54, 1.807) is 24.3 Å². The summed E-state index contributed by atoms with van der Waals surface area (Å²) in [6.45, 7) is -1.20. The van der Waals surface area contributed by atoms with E-state index in [-0.39, 0.29) is 29.5 Å². The van der Waals surface area contributed by atoms with Crippen molar-refractivity contribution in [3.05, 3.63) is 53.6 Å². The summed E-state index contributed by atoms with van der Waals surface area (Å²) in [6, 6.07) is 10.7. The number of aliphatic hydroxyl groups excluding tert-OH is 8. The van der Waals surface area contributed by atoms with E-state index in [1.165, 1.54) is 18.2 Å². The number of hydrogen-bond donors (Lipinski definition) is 8. The molecule has 2 saturated heterocycles. The Balaban J connectivity index is 1.26. The molecule has 0 saturated carbocycles. The van der Waals surface area contributed by atoms with Gasteiger partial charge in [0.1, 0.15) is 72.2 Å². The van der Waals surface area contributed by atoms with Crippen LogP contribution in [0.4, 0.5) is 0 Å². The zero-order valence-corrected chi connectivity index (χ0v) is 21.5. The number of benzene rings is 2. The van der Waals surface area contributed by atoms with Crippen LogP contribution in [-0.4, -0.2) is 121 Å². The third-order valence-corrected chi connectivity index (χ3v) is 7.35. The highest BCUT2D eigenvalue weighted by molar-refractivity contribution is 6.00. The molecule has 8 N–H and O–H groups in total. The van der Waals surface area contributed by atoms with Gasteiger partial charge in [0.05, 0.1) is 25.2 Å². The average Bonchev–Trinajstić information content (AvgIpc) is 2.97. The number of aliphatic hydroxyl groups is 8. The van der Waals surface area contributed by atoms with Gasteiger partial charge in [0.25, 0.3) is 0 Å². The maximum absolute atomic E-state index is 12.9. The predicted molar refractivity (Wildman–Crippen MR) is 134 cm³/mol. The van der Waals surface area contributed by atoms with E-state index in [9.17, 15) is 45.6 Å². The second kappa shape index (κ2) is 12.1. The predicted octanol–water partition coefficient (Wildman–Crippen LogP) is -2.25. The molecular weight excluding hydrogens is 548 g/mol. The molecule has 2 aromatic rings. The molecule has 3 heterocycles. The van der Waals surface area contributed by atoms with Gasteiger partial charge < -0.3 is 64.5 Å². The van der Waals surface area contributed by atoms with Crippen molar-refractivity contribution >= 4 is 5.78 Å². The fourth-order valence-corrected chi connectivity index (χ4v) is 4.92. The summed E-state index contributed by atoms with van der Waals surface area (Å²) < 4.78 is 28.0. The monoisotopic (exact) mass is 580 g/mol. The second-order valence-corrected chi connectivity index (χ2v) is 10.1. The van der Waals surface area contributed by atoms with Gasteiger partial charge in [-0.3, -0.25) is 4.79 Å². The topological polar surface area (TPSA) is 225 Å². The lowest BCUT2D eigenvalue weighted by Crippen LogP contribution is -2.60. The minimum absolute atomic E-state index is 0.0346. The van der Waals surface area contributed by atoms with Crippen LogP contribution < -0.4 is 14.2 Å². The number of carbonyl (C=O) groups excluding carboxylic acids is 1. The van der Waals surface area contributed by atoms with E-state index in [2.05, 4.69) is 0 Å². The van der Waals surface area contributed by atoms with Crippen LogP contribution in [0.15, 0.2) is 42.5 Å². The van der Waals surface area contributed by atoms with Crippen molar-refractivity contribution in [3.8, 4) is 17.2 Å². The van der Waals surface area contributed by atoms with E-state index in [1.807, 2.05) is 0 Å². The Kier molecular flexibility index (Phi) is 8.77. The van der Waals surface area contributed by atoms with Crippen LogP contribution in [0.3, 0.4) is 0 Å². The quantitative estimate of drug-likeness (QED) is 0.173. The number of ketones is 1. The summed E-state index contributed by atoms with van der Waals surface area (Å²) in [5, 5.41) is 79.0. The summed E-state index contributed by atoms with van der Waals surface area (Å²) >= 11 is 0. The molecule has 2 aromatic carbocycles. The summed E-state index contributed by atoms with van der Waals surface area (Å²) in [4.78, 5) is 12.9. The van der Waals surface area contributed by atoms with E-state index in [0.717, 1.165) is 0 Å². The van der Waals surface area contributed by atoms with Crippen LogP contribution in [0.5, 0.6) is 17.2 Å². The number of Topliss-reactive ketones (excluding diaryl/α,β-unsaturated/α-hetero) is 1. The molecule has 0 aliphatic carbocycles. The lowest BCUT2D eigenvalue weighted by molar-refractivity contribution is -0.277. The van der Waals surface area contributed by atoms with Crippen molar-refractivity contribution in [2.75, 3.05) is 13.2 Å². The van der Waals surface area contributed by atoms with Gasteiger partial charge >= 0.3 is 0 Å². The lowest BCUT2D eigenvalue weighted by atomic mass is 9.96. The van der Waals surface area contributed by atoms with Gasteiger partial charge in [0.15, 0.2) is 5.78 Å². The number of hydrogen-bond acceptors (Lipinski definition) is 14. The molecule has 14 heteroatoms. The highest BCUT2D eigenvalue weighted by Crippen LogP contribution is 2.38. The largest absolute Gasteiger partial charge is 0.484 e. The fourth-order valence-electron chi connectivity index (χ4n) is 4.92. The second-order valence-electron chi connectivity index (χ2n) is 10.1. The molecule has 41 heavy (non-hydrogen) atoms. The molecular formula is C27H32O14. The van der Waals surface area contributed by atoms with Crippen LogP contribution in [0, 0.1) is 0 Å². The van der Waals surface area contributed by atoms with Crippen LogP contribution in [0.25, 0.3) is 0 Å². The first-order chi connectivity index (χ1) is 19.6.